The molecule has 0 heterocycles. The van der Waals surface area contributed by atoms with Gasteiger partial charge in [-0.25, -0.2) is 0 Å². The van der Waals surface area contributed by atoms with E-state index in [2.05, 4.69) is 59.3 Å². The molecule has 0 aromatic rings. The first kappa shape index (κ1) is 15.7. The Kier molecular flexibility index (Phi) is 5.82. The van der Waals surface area contributed by atoms with Crippen molar-refractivity contribution < 1.29 is 9.84 Å². The minimum absolute atomic E-state index is 0.0711. The fourth-order valence-electron chi connectivity index (χ4n) is 2.66. The largest absolute Gasteiger partial charge is 0.367 e. The Morgan fingerprint density at radius 3 is 2.80 bits per heavy atom. The van der Waals surface area contributed by atoms with Crippen LogP contribution in [0.4, 0.5) is 0 Å². The molecule has 0 aliphatic heterocycles. The molecular formula is C17H23BrO2. The van der Waals surface area contributed by atoms with Crippen molar-refractivity contribution in [2.24, 2.45) is 5.92 Å². The molecule has 0 saturated carbocycles. The number of hydrogen-bond acceptors (Lipinski definition) is 2. The van der Waals surface area contributed by atoms with E-state index in [0.29, 0.717) is 5.92 Å². The predicted octanol–water partition coefficient (Wildman–Crippen LogP) is 4.27. The summed E-state index contributed by atoms with van der Waals surface area (Å²) >= 11 is 3.54. The monoisotopic (exact) mass is 338 g/mol. The van der Waals surface area contributed by atoms with Crippen LogP contribution < -0.4 is 0 Å². The summed E-state index contributed by atoms with van der Waals surface area (Å²) < 4.78 is 5.81. The number of alkyl halides is 1. The first-order valence-electron chi connectivity index (χ1n) is 7.30. The zero-order valence-electron chi connectivity index (χ0n) is 12.1. The number of rotatable bonds is 5. The second-order valence-electron chi connectivity index (χ2n) is 5.49. The molecule has 2 aliphatic rings. The van der Waals surface area contributed by atoms with Crippen molar-refractivity contribution in [3.63, 3.8) is 0 Å². The molecule has 0 spiro atoms. The van der Waals surface area contributed by atoms with Gasteiger partial charge >= 0.3 is 0 Å². The van der Waals surface area contributed by atoms with Gasteiger partial charge in [0.05, 0.1) is 10.9 Å². The summed E-state index contributed by atoms with van der Waals surface area (Å²) in [6, 6.07) is 0. The van der Waals surface area contributed by atoms with Crippen molar-refractivity contribution in [3.8, 4) is 0 Å². The van der Waals surface area contributed by atoms with Gasteiger partial charge in [-0.3, -0.25) is 0 Å². The molecule has 20 heavy (non-hydrogen) atoms. The van der Waals surface area contributed by atoms with Crippen molar-refractivity contribution in [3.05, 3.63) is 47.6 Å². The minimum Gasteiger partial charge on any atom is -0.367 e. The van der Waals surface area contributed by atoms with Crippen molar-refractivity contribution in [1.82, 2.24) is 0 Å². The van der Waals surface area contributed by atoms with Crippen LogP contribution in [0, 0.1) is 5.92 Å². The number of halogens is 1. The average molecular weight is 339 g/mol. The molecule has 0 radical (unpaired) electrons. The summed E-state index contributed by atoms with van der Waals surface area (Å²) in [7, 11) is 0. The summed E-state index contributed by atoms with van der Waals surface area (Å²) in [4.78, 5) is -0.170. The van der Waals surface area contributed by atoms with Gasteiger partial charge in [-0.15, -0.1) is 0 Å². The first-order valence-corrected chi connectivity index (χ1v) is 8.22. The Bertz CT molecular complexity index is 448. The summed E-state index contributed by atoms with van der Waals surface area (Å²) in [5, 5.41) is 10.3. The molecule has 2 aliphatic carbocycles. The molecular weight excluding hydrogens is 316 g/mol. The van der Waals surface area contributed by atoms with Crippen molar-refractivity contribution in [2.75, 3.05) is 0 Å². The van der Waals surface area contributed by atoms with Gasteiger partial charge in [-0.1, -0.05) is 59.3 Å². The Morgan fingerprint density at radius 1 is 1.35 bits per heavy atom. The SMILES string of the molecule is CC1CC=CC=C1C(C)OC(O)C(Br)C1=CCCC=C1. The molecule has 4 atom stereocenters. The van der Waals surface area contributed by atoms with Gasteiger partial charge < -0.3 is 9.84 Å². The number of ether oxygens (including phenoxy) is 1. The number of allylic oxidation sites excluding steroid dienone is 6. The molecule has 0 amide bonds. The third kappa shape index (κ3) is 3.94. The predicted molar refractivity (Wildman–Crippen MR) is 86.7 cm³/mol. The minimum atomic E-state index is -0.835. The van der Waals surface area contributed by atoms with E-state index in [-0.39, 0.29) is 10.9 Å². The van der Waals surface area contributed by atoms with E-state index < -0.39 is 6.29 Å². The highest BCUT2D eigenvalue weighted by Crippen LogP contribution is 2.28. The van der Waals surface area contributed by atoms with Gasteiger partial charge in [0.25, 0.3) is 0 Å². The standard InChI is InChI=1S/C17H23BrO2/c1-12-8-6-7-11-15(12)13(2)20-17(19)16(18)14-9-4-3-5-10-14/h4,6-7,9-13,16-17,19H,3,5,8H2,1-2H3. The van der Waals surface area contributed by atoms with Crippen LogP contribution in [0.2, 0.25) is 0 Å². The van der Waals surface area contributed by atoms with Gasteiger partial charge in [0.2, 0.25) is 0 Å². The highest BCUT2D eigenvalue weighted by atomic mass is 79.9. The lowest BCUT2D eigenvalue weighted by molar-refractivity contribution is -0.115. The molecule has 0 aromatic heterocycles. The highest BCUT2D eigenvalue weighted by Gasteiger charge is 2.25. The third-order valence-electron chi connectivity index (χ3n) is 3.89. The molecule has 0 bridgehead atoms. The van der Waals surface area contributed by atoms with E-state index in [9.17, 15) is 5.11 Å². The van der Waals surface area contributed by atoms with E-state index in [1.54, 1.807) is 0 Å². The maximum absolute atomic E-state index is 10.3. The lowest BCUT2D eigenvalue weighted by atomic mass is 9.90. The van der Waals surface area contributed by atoms with E-state index in [0.717, 1.165) is 24.8 Å². The van der Waals surface area contributed by atoms with E-state index in [1.807, 2.05) is 6.92 Å². The summed E-state index contributed by atoms with van der Waals surface area (Å²) in [6.07, 6.45) is 14.9. The lowest BCUT2D eigenvalue weighted by Crippen LogP contribution is -2.31. The van der Waals surface area contributed by atoms with Crippen LogP contribution in [0.15, 0.2) is 47.6 Å². The van der Waals surface area contributed by atoms with Crippen molar-refractivity contribution in [2.45, 2.75) is 50.3 Å². The Balaban J connectivity index is 1.95. The molecule has 0 aromatic carbocycles. The fraction of sp³-hybridized carbons (Fsp3) is 0.529. The number of aliphatic hydroxyl groups excluding tert-OH is 1. The van der Waals surface area contributed by atoms with Gasteiger partial charge in [0, 0.05) is 0 Å². The first-order chi connectivity index (χ1) is 9.59. The molecule has 1 N–H and O–H groups in total. The second kappa shape index (κ2) is 7.39. The van der Waals surface area contributed by atoms with Gasteiger partial charge in [-0.2, -0.15) is 0 Å². The molecule has 2 nitrogen and oxygen atoms in total. The van der Waals surface area contributed by atoms with E-state index in [1.165, 1.54) is 5.57 Å². The van der Waals surface area contributed by atoms with Gasteiger partial charge in [0.1, 0.15) is 0 Å². The summed E-state index contributed by atoms with van der Waals surface area (Å²) in [6.45, 7) is 4.20. The van der Waals surface area contributed by atoms with Crippen LogP contribution in [-0.4, -0.2) is 22.3 Å². The van der Waals surface area contributed by atoms with Gasteiger partial charge in [0.15, 0.2) is 6.29 Å². The quantitative estimate of drug-likeness (QED) is 0.599. The molecule has 0 fully saturated rings. The highest BCUT2D eigenvalue weighted by molar-refractivity contribution is 9.09. The Morgan fingerprint density at radius 2 is 2.15 bits per heavy atom. The Hall–Kier alpha value is -0.640. The zero-order chi connectivity index (χ0) is 14.5. The van der Waals surface area contributed by atoms with Crippen LogP contribution >= 0.6 is 15.9 Å². The van der Waals surface area contributed by atoms with E-state index in [4.69, 9.17) is 4.74 Å². The van der Waals surface area contributed by atoms with Crippen LogP contribution in [0.3, 0.4) is 0 Å². The fourth-order valence-corrected chi connectivity index (χ4v) is 3.12. The Labute approximate surface area is 130 Å². The molecule has 110 valence electrons. The maximum Gasteiger partial charge on any atom is 0.171 e. The average Bonchev–Trinajstić information content (AvgIpc) is 2.47. The van der Waals surface area contributed by atoms with E-state index >= 15 is 0 Å². The molecule has 2 rings (SSSR count). The van der Waals surface area contributed by atoms with Gasteiger partial charge in [-0.05, 0) is 43.3 Å². The van der Waals surface area contributed by atoms with Crippen LogP contribution in [0.25, 0.3) is 0 Å². The number of hydrogen-bond donors (Lipinski definition) is 1. The molecule has 3 heteroatoms. The lowest BCUT2D eigenvalue weighted by Gasteiger charge is -2.28. The van der Waals surface area contributed by atoms with Crippen LogP contribution in [0.1, 0.15) is 33.1 Å². The summed E-state index contributed by atoms with van der Waals surface area (Å²) in [5.41, 5.74) is 2.35. The second-order valence-corrected chi connectivity index (χ2v) is 6.47. The normalized spacial score (nSPS) is 26.7. The van der Waals surface area contributed by atoms with Crippen LogP contribution in [-0.2, 0) is 4.74 Å². The maximum atomic E-state index is 10.3. The molecule has 0 saturated heterocycles. The molecule has 4 unspecified atom stereocenters. The topological polar surface area (TPSA) is 29.5 Å². The third-order valence-corrected chi connectivity index (χ3v) is 4.87. The van der Waals surface area contributed by atoms with Crippen LogP contribution in [0.5, 0.6) is 0 Å². The van der Waals surface area contributed by atoms with Crippen molar-refractivity contribution in [1.29, 1.82) is 0 Å². The summed E-state index contributed by atoms with van der Waals surface area (Å²) in [5.74, 6) is 0.477. The van der Waals surface area contributed by atoms with Crippen molar-refractivity contribution >= 4 is 15.9 Å². The smallest absolute Gasteiger partial charge is 0.171 e. The number of aliphatic hydroxyl groups is 1. The zero-order valence-corrected chi connectivity index (χ0v) is 13.7.